The molecule has 12 heavy (non-hydrogen) atoms. The molecule has 0 spiro atoms. The van der Waals surface area contributed by atoms with Crippen molar-refractivity contribution in [1.82, 2.24) is 0 Å². The Labute approximate surface area is 73.6 Å². The molecule has 2 heteroatoms. The molecule has 2 nitrogen and oxygen atoms in total. The Morgan fingerprint density at radius 1 is 1.33 bits per heavy atom. The highest BCUT2D eigenvalue weighted by Crippen LogP contribution is 2.25. The molecule has 0 atom stereocenters. The zero-order chi connectivity index (χ0) is 8.97. The molecule has 1 aliphatic rings. The first-order valence-corrected chi connectivity index (χ1v) is 4.57. The van der Waals surface area contributed by atoms with E-state index in [1.165, 1.54) is 6.42 Å². The van der Waals surface area contributed by atoms with Crippen LogP contribution in [0.25, 0.3) is 0 Å². The van der Waals surface area contributed by atoms with E-state index >= 15 is 0 Å². The average Bonchev–Trinajstić information content (AvgIpc) is 2.05. The first kappa shape index (κ1) is 9.30. The van der Waals surface area contributed by atoms with Crippen LogP contribution in [0, 0.1) is 5.92 Å². The first-order chi connectivity index (χ1) is 5.70. The van der Waals surface area contributed by atoms with Gasteiger partial charge in [-0.2, -0.15) is 0 Å². The topological polar surface area (TPSA) is 26.3 Å². The summed E-state index contributed by atoms with van der Waals surface area (Å²) < 4.78 is 4.96. The van der Waals surface area contributed by atoms with E-state index in [-0.39, 0.29) is 11.9 Å². The fraction of sp³-hybridized carbons (Fsp3) is 0.700. The van der Waals surface area contributed by atoms with Crippen molar-refractivity contribution in [1.29, 1.82) is 0 Å². The van der Waals surface area contributed by atoms with Gasteiger partial charge in [0.2, 0.25) is 0 Å². The Morgan fingerprint density at radius 3 is 2.42 bits per heavy atom. The molecular formula is C10H16O2. The van der Waals surface area contributed by atoms with Crippen molar-refractivity contribution in [2.75, 3.05) is 0 Å². The Kier molecular flexibility index (Phi) is 3.32. The normalized spacial score (nSPS) is 18.8. The Balaban J connectivity index is 2.34. The van der Waals surface area contributed by atoms with E-state index in [1.807, 2.05) is 0 Å². The fourth-order valence-corrected chi connectivity index (χ4v) is 1.59. The van der Waals surface area contributed by atoms with Gasteiger partial charge in [-0.05, 0) is 19.8 Å². The zero-order valence-electron chi connectivity index (χ0n) is 7.64. The van der Waals surface area contributed by atoms with E-state index in [2.05, 4.69) is 6.58 Å². The molecule has 0 N–H and O–H groups in total. The molecule has 0 aliphatic heterocycles. The Morgan fingerprint density at radius 2 is 1.92 bits per heavy atom. The van der Waals surface area contributed by atoms with Crippen molar-refractivity contribution < 1.29 is 9.53 Å². The van der Waals surface area contributed by atoms with Crippen molar-refractivity contribution in [3.8, 4) is 0 Å². The van der Waals surface area contributed by atoms with Gasteiger partial charge in [0.1, 0.15) is 0 Å². The molecule has 0 radical (unpaired) electrons. The molecule has 0 saturated heterocycles. The highest BCUT2D eigenvalue weighted by Gasteiger charge is 2.22. The molecule has 0 amide bonds. The molecule has 0 aromatic carbocycles. The van der Waals surface area contributed by atoms with Crippen LogP contribution in [0.15, 0.2) is 12.3 Å². The summed E-state index contributed by atoms with van der Waals surface area (Å²) in [6.07, 6.45) is 5.57. The number of carbonyl (C=O) groups excluding carboxylic acids is 1. The average molecular weight is 168 g/mol. The molecule has 0 bridgehead atoms. The minimum Gasteiger partial charge on any atom is -0.432 e. The molecule has 0 aromatic heterocycles. The van der Waals surface area contributed by atoms with Crippen LogP contribution in [-0.2, 0) is 9.53 Å². The molecule has 68 valence electrons. The van der Waals surface area contributed by atoms with Crippen molar-refractivity contribution in [2.24, 2.45) is 5.92 Å². The van der Waals surface area contributed by atoms with Crippen molar-refractivity contribution in [2.45, 2.75) is 39.0 Å². The standard InChI is InChI=1S/C10H16O2/c1-8(2)12-10(11)9-6-4-3-5-7-9/h9H,1,3-7H2,2H3. The van der Waals surface area contributed by atoms with Gasteiger partial charge in [-0.3, -0.25) is 4.79 Å². The number of carbonyl (C=O) groups is 1. The third-order valence-corrected chi connectivity index (χ3v) is 2.21. The molecule has 0 unspecified atom stereocenters. The van der Waals surface area contributed by atoms with E-state index in [4.69, 9.17) is 4.74 Å². The SMILES string of the molecule is C=C(C)OC(=O)C1CCCCC1. The maximum absolute atomic E-state index is 11.3. The van der Waals surface area contributed by atoms with Crippen molar-refractivity contribution in [3.05, 3.63) is 12.3 Å². The third-order valence-electron chi connectivity index (χ3n) is 2.21. The monoisotopic (exact) mass is 168 g/mol. The molecule has 1 saturated carbocycles. The maximum Gasteiger partial charge on any atom is 0.313 e. The first-order valence-electron chi connectivity index (χ1n) is 4.57. The van der Waals surface area contributed by atoms with Crippen LogP contribution in [0.5, 0.6) is 0 Å². The van der Waals surface area contributed by atoms with E-state index in [9.17, 15) is 4.79 Å². The van der Waals surface area contributed by atoms with E-state index in [1.54, 1.807) is 6.92 Å². The van der Waals surface area contributed by atoms with Gasteiger partial charge in [-0.1, -0.05) is 25.8 Å². The summed E-state index contributed by atoms with van der Waals surface area (Å²) in [5.74, 6) is 0.559. The van der Waals surface area contributed by atoms with Crippen LogP contribution in [0.2, 0.25) is 0 Å². The summed E-state index contributed by atoms with van der Waals surface area (Å²) in [5, 5.41) is 0. The molecular weight excluding hydrogens is 152 g/mol. The van der Waals surface area contributed by atoms with Gasteiger partial charge in [0.25, 0.3) is 0 Å². The van der Waals surface area contributed by atoms with Crippen LogP contribution < -0.4 is 0 Å². The van der Waals surface area contributed by atoms with Crippen molar-refractivity contribution >= 4 is 5.97 Å². The van der Waals surface area contributed by atoms with Gasteiger partial charge in [-0.15, -0.1) is 0 Å². The van der Waals surface area contributed by atoms with Gasteiger partial charge in [-0.25, -0.2) is 0 Å². The van der Waals surface area contributed by atoms with Crippen LogP contribution in [0.1, 0.15) is 39.0 Å². The maximum atomic E-state index is 11.3. The van der Waals surface area contributed by atoms with Crippen molar-refractivity contribution in [3.63, 3.8) is 0 Å². The van der Waals surface area contributed by atoms with Crippen LogP contribution in [0.4, 0.5) is 0 Å². The highest BCUT2D eigenvalue weighted by atomic mass is 16.5. The Hall–Kier alpha value is -0.790. The number of ether oxygens (including phenoxy) is 1. The number of hydrogen-bond acceptors (Lipinski definition) is 2. The van der Waals surface area contributed by atoms with Crippen LogP contribution in [0.3, 0.4) is 0 Å². The second-order valence-corrected chi connectivity index (χ2v) is 3.46. The summed E-state index contributed by atoms with van der Waals surface area (Å²) in [6, 6.07) is 0. The summed E-state index contributed by atoms with van der Waals surface area (Å²) in [5.41, 5.74) is 0. The lowest BCUT2D eigenvalue weighted by Gasteiger charge is -2.19. The number of hydrogen-bond donors (Lipinski definition) is 0. The van der Waals surface area contributed by atoms with E-state index < -0.39 is 0 Å². The summed E-state index contributed by atoms with van der Waals surface area (Å²) >= 11 is 0. The molecule has 0 aromatic rings. The number of allylic oxidation sites excluding steroid dienone is 1. The number of rotatable bonds is 2. The molecule has 1 aliphatic carbocycles. The van der Waals surface area contributed by atoms with E-state index in [0.29, 0.717) is 5.76 Å². The van der Waals surface area contributed by atoms with Gasteiger partial charge < -0.3 is 4.74 Å². The Bertz CT molecular complexity index is 178. The van der Waals surface area contributed by atoms with Crippen LogP contribution in [-0.4, -0.2) is 5.97 Å². The van der Waals surface area contributed by atoms with E-state index in [0.717, 1.165) is 25.7 Å². The van der Waals surface area contributed by atoms with Gasteiger partial charge >= 0.3 is 5.97 Å². The largest absolute Gasteiger partial charge is 0.432 e. The van der Waals surface area contributed by atoms with Gasteiger partial charge in [0, 0.05) is 0 Å². The lowest BCUT2D eigenvalue weighted by Crippen LogP contribution is -2.19. The summed E-state index contributed by atoms with van der Waals surface area (Å²) in [6.45, 7) is 5.26. The molecule has 1 fully saturated rings. The molecule has 1 rings (SSSR count). The summed E-state index contributed by atoms with van der Waals surface area (Å²) in [7, 11) is 0. The second kappa shape index (κ2) is 4.29. The number of esters is 1. The van der Waals surface area contributed by atoms with Crippen LogP contribution >= 0.6 is 0 Å². The predicted molar refractivity (Wildman–Crippen MR) is 47.5 cm³/mol. The van der Waals surface area contributed by atoms with Gasteiger partial charge in [0.15, 0.2) is 0 Å². The minimum atomic E-state index is -0.0813. The highest BCUT2D eigenvalue weighted by molar-refractivity contribution is 5.73. The second-order valence-electron chi connectivity index (χ2n) is 3.46. The quantitative estimate of drug-likeness (QED) is 0.468. The smallest absolute Gasteiger partial charge is 0.313 e. The summed E-state index contributed by atoms with van der Waals surface area (Å²) in [4.78, 5) is 11.3. The predicted octanol–water partition coefficient (Wildman–Crippen LogP) is 2.64. The lowest BCUT2D eigenvalue weighted by molar-refractivity contribution is -0.145. The minimum absolute atomic E-state index is 0.0813. The van der Waals surface area contributed by atoms with Gasteiger partial charge in [0.05, 0.1) is 11.7 Å². The lowest BCUT2D eigenvalue weighted by atomic mass is 9.89. The third kappa shape index (κ3) is 2.68. The fourth-order valence-electron chi connectivity index (χ4n) is 1.59. The zero-order valence-corrected chi connectivity index (χ0v) is 7.64. The molecule has 0 heterocycles.